The smallest absolute Gasteiger partial charge is 0.261 e. The first-order chi connectivity index (χ1) is 13.6. The van der Waals surface area contributed by atoms with Gasteiger partial charge in [0.1, 0.15) is 11.6 Å². The largest absolute Gasteiger partial charge is 0.493 e. The lowest BCUT2D eigenvalue weighted by Gasteiger charge is -2.12. The number of fused-ring (bicyclic) bond motifs is 2. The second kappa shape index (κ2) is 6.67. The van der Waals surface area contributed by atoms with Crippen LogP contribution in [-0.2, 0) is 29.4 Å². The molecule has 0 unspecified atom stereocenters. The van der Waals surface area contributed by atoms with Gasteiger partial charge in [0.15, 0.2) is 0 Å². The van der Waals surface area contributed by atoms with Crippen molar-refractivity contribution in [2.75, 3.05) is 11.3 Å². The van der Waals surface area contributed by atoms with Crippen molar-refractivity contribution in [3.8, 4) is 17.0 Å². The summed E-state index contributed by atoms with van der Waals surface area (Å²) in [6.45, 7) is 1.56. The average molecular weight is 395 g/mol. The molecule has 144 valence electrons. The Hall–Kier alpha value is -2.80. The molecule has 6 nitrogen and oxygen atoms in total. The zero-order valence-corrected chi connectivity index (χ0v) is 16.2. The van der Waals surface area contributed by atoms with Crippen molar-refractivity contribution in [3.05, 3.63) is 60.0 Å². The number of anilines is 1. The van der Waals surface area contributed by atoms with Crippen molar-refractivity contribution in [1.82, 2.24) is 9.55 Å². The Balaban J connectivity index is 1.50. The Kier molecular flexibility index (Phi) is 4.12. The van der Waals surface area contributed by atoms with Crippen LogP contribution >= 0.6 is 0 Å². The fourth-order valence-electron chi connectivity index (χ4n) is 3.87. The normalized spacial score (nSPS) is 15.6. The summed E-state index contributed by atoms with van der Waals surface area (Å²) in [6.07, 6.45) is 6.01. The van der Waals surface area contributed by atoms with E-state index in [0.717, 1.165) is 60.6 Å². The van der Waals surface area contributed by atoms with E-state index in [-0.39, 0.29) is 4.90 Å². The van der Waals surface area contributed by atoms with Crippen LogP contribution in [0.5, 0.6) is 5.75 Å². The number of para-hydroxylation sites is 1. The first-order valence-electron chi connectivity index (χ1n) is 9.54. The second-order valence-electron chi connectivity index (χ2n) is 7.21. The number of aryl methyl sites for hydroxylation is 2. The first kappa shape index (κ1) is 17.3. The lowest BCUT2D eigenvalue weighted by atomic mass is 10.1. The number of hydrogen-bond acceptors (Lipinski definition) is 4. The molecule has 0 saturated carbocycles. The van der Waals surface area contributed by atoms with Gasteiger partial charge in [-0.15, -0.1) is 0 Å². The lowest BCUT2D eigenvalue weighted by molar-refractivity contribution is 0.356. The molecule has 0 saturated heterocycles. The van der Waals surface area contributed by atoms with Crippen LogP contribution in [0.4, 0.5) is 5.69 Å². The summed E-state index contributed by atoms with van der Waals surface area (Å²) in [7, 11) is -3.71. The predicted molar refractivity (Wildman–Crippen MR) is 107 cm³/mol. The van der Waals surface area contributed by atoms with E-state index in [2.05, 4.69) is 9.29 Å². The summed E-state index contributed by atoms with van der Waals surface area (Å²) < 4.78 is 36.4. The molecule has 2 aliphatic heterocycles. The molecule has 3 heterocycles. The molecular weight excluding hydrogens is 374 g/mol. The van der Waals surface area contributed by atoms with E-state index in [1.165, 1.54) is 0 Å². The van der Waals surface area contributed by atoms with E-state index >= 15 is 0 Å². The molecule has 0 atom stereocenters. The van der Waals surface area contributed by atoms with Crippen LogP contribution in [0.1, 0.15) is 24.2 Å². The van der Waals surface area contributed by atoms with E-state index in [1.807, 2.05) is 24.4 Å². The zero-order chi connectivity index (χ0) is 19.1. The molecule has 1 aromatic heterocycles. The van der Waals surface area contributed by atoms with Crippen molar-refractivity contribution >= 4 is 15.7 Å². The molecule has 0 radical (unpaired) electrons. The average Bonchev–Trinajstić information content (AvgIpc) is 3.34. The van der Waals surface area contributed by atoms with Crippen LogP contribution in [0.2, 0.25) is 0 Å². The van der Waals surface area contributed by atoms with Crippen molar-refractivity contribution < 1.29 is 13.2 Å². The molecule has 1 N–H and O–H groups in total. The fraction of sp³-hybridized carbons (Fsp3) is 0.286. The summed E-state index contributed by atoms with van der Waals surface area (Å²) in [5.41, 5.74) is 3.06. The van der Waals surface area contributed by atoms with Crippen LogP contribution in [0.15, 0.2) is 53.6 Å². The van der Waals surface area contributed by atoms with Crippen LogP contribution in [0, 0.1) is 0 Å². The Morgan fingerprint density at radius 2 is 1.96 bits per heavy atom. The van der Waals surface area contributed by atoms with Crippen LogP contribution in [-0.4, -0.2) is 24.6 Å². The minimum atomic E-state index is -3.71. The number of benzene rings is 2. The van der Waals surface area contributed by atoms with Gasteiger partial charge >= 0.3 is 0 Å². The third-order valence-electron chi connectivity index (χ3n) is 5.33. The highest BCUT2D eigenvalue weighted by Crippen LogP contribution is 2.32. The zero-order valence-electron chi connectivity index (χ0n) is 15.4. The van der Waals surface area contributed by atoms with Crippen molar-refractivity contribution in [1.29, 1.82) is 0 Å². The molecule has 0 fully saturated rings. The third-order valence-corrected chi connectivity index (χ3v) is 6.69. The van der Waals surface area contributed by atoms with Crippen LogP contribution in [0.3, 0.4) is 0 Å². The minimum absolute atomic E-state index is 0.246. The van der Waals surface area contributed by atoms with Gasteiger partial charge in [-0.2, -0.15) is 0 Å². The van der Waals surface area contributed by atoms with Gasteiger partial charge in [-0.1, -0.05) is 18.2 Å². The van der Waals surface area contributed by atoms with Crippen molar-refractivity contribution in [2.45, 2.75) is 37.1 Å². The fourth-order valence-corrected chi connectivity index (χ4v) is 5.00. The van der Waals surface area contributed by atoms with Gasteiger partial charge < -0.3 is 9.30 Å². The monoisotopic (exact) mass is 395 g/mol. The second-order valence-corrected chi connectivity index (χ2v) is 8.89. The van der Waals surface area contributed by atoms with Gasteiger partial charge in [0.2, 0.25) is 0 Å². The predicted octanol–water partition coefficient (Wildman–Crippen LogP) is 3.62. The number of ether oxygens (including phenoxy) is 1. The summed E-state index contributed by atoms with van der Waals surface area (Å²) >= 11 is 0. The molecule has 28 heavy (non-hydrogen) atoms. The Morgan fingerprint density at radius 1 is 1.07 bits per heavy atom. The topological polar surface area (TPSA) is 73.2 Å². The highest BCUT2D eigenvalue weighted by molar-refractivity contribution is 7.92. The van der Waals surface area contributed by atoms with Gasteiger partial charge in [-0.05, 0) is 42.7 Å². The standard InChI is InChI=1S/C21H21N3O3S/c25-28(26,16-8-9-20-15(13-16)10-12-27-20)23-18-6-2-1-5-17(18)19-14-24-11-4-3-7-21(24)22-19/h1-2,5-6,8-9,13-14,23H,3-4,7,10-12H2. The first-order valence-corrected chi connectivity index (χ1v) is 11.0. The molecule has 0 amide bonds. The van der Waals surface area contributed by atoms with Crippen molar-refractivity contribution in [2.24, 2.45) is 0 Å². The van der Waals surface area contributed by atoms with Gasteiger partial charge in [0.05, 0.1) is 22.9 Å². The number of imidazole rings is 1. The maximum Gasteiger partial charge on any atom is 0.261 e. The molecule has 2 aromatic carbocycles. The number of nitrogens with one attached hydrogen (secondary N) is 1. The summed E-state index contributed by atoms with van der Waals surface area (Å²) in [4.78, 5) is 4.99. The van der Waals surface area contributed by atoms with E-state index < -0.39 is 10.0 Å². The summed E-state index contributed by atoms with van der Waals surface area (Å²) in [6, 6.07) is 12.4. The number of aromatic nitrogens is 2. The van der Waals surface area contributed by atoms with Gasteiger partial charge in [-0.25, -0.2) is 13.4 Å². The quantitative estimate of drug-likeness (QED) is 0.732. The van der Waals surface area contributed by atoms with Crippen molar-refractivity contribution in [3.63, 3.8) is 0 Å². The van der Waals surface area contributed by atoms with Gasteiger partial charge in [0.25, 0.3) is 10.0 Å². The molecule has 0 spiro atoms. The number of nitrogens with zero attached hydrogens (tertiary/aromatic N) is 2. The molecule has 7 heteroatoms. The van der Waals surface area contributed by atoms with Crippen LogP contribution < -0.4 is 9.46 Å². The number of hydrogen-bond donors (Lipinski definition) is 1. The van der Waals surface area contributed by atoms with Gasteiger partial charge in [-0.3, -0.25) is 4.72 Å². The summed E-state index contributed by atoms with van der Waals surface area (Å²) in [5, 5.41) is 0. The number of sulfonamides is 1. The Morgan fingerprint density at radius 3 is 2.86 bits per heavy atom. The molecule has 2 aliphatic rings. The van der Waals surface area contributed by atoms with Crippen LogP contribution in [0.25, 0.3) is 11.3 Å². The van der Waals surface area contributed by atoms with E-state index in [4.69, 9.17) is 9.72 Å². The maximum absolute atomic E-state index is 13.0. The SMILES string of the molecule is O=S(=O)(Nc1ccccc1-c1cn2c(n1)CCCC2)c1ccc2c(c1)CCO2. The third kappa shape index (κ3) is 3.05. The summed E-state index contributed by atoms with van der Waals surface area (Å²) in [5.74, 6) is 1.83. The Bertz CT molecular complexity index is 1130. The molecule has 3 aromatic rings. The lowest BCUT2D eigenvalue weighted by Crippen LogP contribution is -2.13. The molecule has 0 bridgehead atoms. The molecule has 0 aliphatic carbocycles. The minimum Gasteiger partial charge on any atom is -0.493 e. The van der Waals surface area contributed by atoms with E-state index in [9.17, 15) is 8.42 Å². The van der Waals surface area contributed by atoms with E-state index in [0.29, 0.717) is 12.3 Å². The Labute approximate surface area is 164 Å². The van der Waals surface area contributed by atoms with E-state index in [1.54, 1.807) is 24.3 Å². The number of rotatable bonds is 4. The highest BCUT2D eigenvalue weighted by atomic mass is 32.2. The highest BCUT2D eigenvalue weighted by Gasteiger charge is 2.22. The van der Waals surface area contributed by atoms with Gasteiger partial charge in [0, 0.05) is 31.1 Å². The molecule has 5 rings (SSSR count). The molecular formula is C21H21N3O3S. The maximum atomic E-state index is 13.0.